The van der Waals surface area contributed by atoms with Crippen LogP contribution in [0.1, 0.15) is 51.9 Å². The van der Waals surface area contributed by atoms with Crippen LogP contribution in [0.5, 0.6) is 0 Å². The number of rotatable bonds is 2. The summed E-state index contributed by atoms with van der Waals surface area (Å²) in [6, 6.07) is 0.636. The maximum Gasteiger partial charge on any atom is 0.228 e. The Hall–Kier alpha value is -1.10. The van der Waals surface area contributed by atoms with E-state index in [1.165, 1.54) is 12.8 Å². The third-order valence-electron chi connectivity index (χ3n) is 7.16. The monoisotopic (exact) mass is 333 g/mol. The van der Waals surface area contributed by atoms with E-state index in [-0.39, 0.29) is 23.8 Å². The first-order chi connectivity index (χ1) is 11.5. The summed E-state index contributed by atoms with van der Waals surface area (Å²) in [5.74, 6) is 2.15. The summed E-state index contributed by atoms with van der Waals surface area (Å²) in [5.41, 5.74) is 6.19. The van der Waals surface area contributed by atoms with E-state index in [1.807, 2.05) is 9.80 Å². The van der Waals surface area contributed by atoms with Gasteiger partial charge in [-0.15, -0.1) is 0 Å². The molecule has 24 heavy (non-hydrogen) atoms. The predicted molar refractivity (Wildman–Crippen MR) is 92.0 cm³/mol. The molecule has 4 fully saturated rings. The highest BCUT2D eigenvalue weighted by molar-refractivity contribution is 5.89. The summed E-state index contributed by atoms with van der Waals surface area (Å²) in [7, 11) is 0. The first kappa shape index (κ1) is 16.4. The molecule has 2 aliphatic heterocycles. The largest absolute Gasteiger partial charge is 0.342 e. The molecule has 5 nitrogen and oxygen atoms in total. The second kappa shape index (κ2) is 6.32. The molecular weight excluding hydrogens is 302 g/mol. The van der Waals surface area contributed by atoms with E-state index < -0.39 is 0 Å². The molecule has 2 aliphatic carbocycles. The molecule has 0 bridgehead atoms. The maximum absolute atomic E-state index is 12.9. The lowest BCUT2D eigenvalue weighted by Gasteiger charge is -2.33. The highest BCUT2D eigenvalue weighted by Gasteiger charge is 2.46. The molecule has 0 radical (unpaired) electrons. The Kier molecular flexibility index (Phi) is 4.31. The van der Waals surface area contributed by atoms with Crippen molar-refractivity contribution in [2.24, 2.45) is 29.4 Å². The van der Waals surface area contributed by atoms with Gasteiger partial charge in [-0.25, -0.2) is 0 Å². The van der Waals surface area contributed by atoms with Gasteiger partial charge in [-0.2, -0.15) is 0 Å². The number of hydrogen-bond donors (Lipinski definition) is 1. The average molecular weight is 333 g/mol. The zero-order valence-corrected chi connectivity index (χ0v) is 14.8. The van der Waals surface area contributed by atoms with Gasteiger partial charge >= 0.3 is 0 Å². The quantitative estimate of drug-likeness (QED) is 0.835. The molecule has 134 valence electrons. The van der Waals surface area contributed by atoms with Crippen LogP contribution >= 0.6 is 0 Å². The fourth-order valence-corrected chi connectivity index (χ4v) is 5.55. The highest BCUT2D eigenvalue weighted by atomic mass is 16.2. The Morgan fingerprint density at radius 2 is 1.79 bits per heavy atom. The van der Waals surface area contributed by atoms with Gasteiger partial charge in [-0.05, 0) is 56.3 Å². The topological polar surface area (TPSA) is 66.6 Å². The predicted octanol–water partition coefficient (Wildman–Crippen LogP) is 1.61. The molecule has 2 heterocycles. The van der Waals surface area contributed by atoms with Crippen molar-refractivity contribution in [2.75, 3.05) is 19.6 Å². The number of carbonyl (C=O) groups is 2. The lowest BCUT2D eigenvalue weighted by molar-refractivity contribution is -0.135. The van der Waals surface area contributed by atoms with Gasteiger partial charge in [-0.3, -0.25) is 9.59 Å². The van der Waals surface area contributed by atoms with Crippen LogP contribution in [-0.4, -0.2) is 53.3 Å². The molecule has 4 atom stereocenters. The number of nitrogens with two attached hydrogens (primary N) is 1. The van der Waals surface area contributed by atoms with Gasteiger partial charge < -0.3 is 15.5 Å². The molecule has 4 unspecified atom stereocenters. The minimum atomic E-state index is -0.119. The fraction of sp³-hybridized carbons (Fsp3) is 0.895. The van der Waals surface area contributed by atoms with Crippen molar-refractivity contribution in [3.05, 3.63) is 0 Å². The zero-order valence-electron chi connectivity index (χ0n) is 14.8. The second-order valence-corrected chi connectivity index (χ2v) is 8.77. The molecule has 0 aromatic carbocycles. The first-order valence-corrected chi connectivity index (χ1v) is 9.86. The van der Waals surface area contributed by atoms with E-state index in [1.54, 1.807) is 0 Å². The van der Waals surface area contributed by atoms with Gasteiger partial charge in [0, 0.05) is 38.1 Å². The molecule has 0 spiro atoms. The molecule has 0 aromatic heterocycles. The van der Waals surface area contributed by atoms with E-state index >= 15 is 0 Å². The average Bonchev–Trinajstić information content (AvgIpc) is 3.24. The molecule has 0 aromatic rings. The van der Waals surface area contributed by atoms with Crippen molar-refractivity contribution in [2.45, 2.75) is 64.0 Å². The van der Waals surface area contributed by atoms with Crippen LogP contribution in [0.3, 0.4) is 0 Å². The van der Waals surface area contributed by atoms with E-state index in [0.29, 0.717) is 30.8 Å². The van der Waals surface area contributed by atoms with Crippen molar-refractivity contribution in [3.63, 3.8) is 0 Å². The maximum atomic E-state index is 12.9. The summed E-state index contributed by atoms with van der Waals surface area (Å²) in [6.07, 6.45) is 7.31. The second-order valence-electron chi connectivity index (χ2n) is 8.77. The number of hydrogen-bond acceptors (Lipinski definition) is 3. The Labute approximate surface area is 144 Å². The van der Waals surface area contributed by atoms with Crippen LogP contribution in [0.15, 0.2) is 0 Å². The van der Waals surface area contributed by atoms with Gasteiger partial charge in [0.25, 0.3) is 0 Å². The Morgan fingerprint density at radius 3 is 2.50 bits per heavy atom. The van der Waals surface area contributed by atoms with Crippen LogP contribution in [0.2, 0.25) is 0 Å². The molecule has 5 heteroatoms. The van der Waals surface area contributed by atoms with E-state index in [0.717, 1.165) is 44.7 Å². The fourth-order valence-electron chi connectivity index (χ4n) is 5.55. The van der Waals surface area contributed by atoms with Gasteiger partial charge in [0.05, 0.1) is 5.92 Å². The van der Waals surface area contributed by atoms with Crippen molar-refractivity contribution >= 4 is 11.8 Å². The summed E-state index contributed by atoms with van der Waals surface area (Å²) in [6.45, 7) is 4.62. The lowest BCUT2D eigenvalue weighted by Crippen LogP contribution is -2.41. The van der Waals surface area contributed by atoms with Crippen LogP contribution in [0.25, 0.3) is 0 Å². The van der Waals surface area contributed by atoms with E-state index in [2.05, 4.69) is 6.92 Å². The minimum absolute atomic E-state index is 0.119. The number of likely N-dealkylation sites (tertiary alicyclic amines) is 2. The third kappa shape index (κ3) is 2.85. The van der Waals surface area contributed by atoms with Crippen molar-refractivity contribution in [3.8, 4) is 0 Å². The molecule has 4 rings (SSSR count). The standard InChI is InChI=1S/C19H31N3O2/c1-12-2-5-15(6-3-12)22-10-14(8-18(22)23)19(24)21-9-13-4-7-17(20)16(13)11-21/h12-17H,2-11,20H2,1H3. The summed E-state index contributed by atoms with van der Waals surface area (Å²) in [5, 5.41) is 0. The highest BCUT2D eigenvalue weighted by Crippen LogP contribution is 2.38. The van der Waals surface area contributed by atoms with Crippen molar-refractivity contribution in [1.82, 2.24) is 9.80 Å². The van der Waals surface area contributed by atoms with Crippen molar-refractivity contribution in [1.29, 1.82) is 0 Å². The number of fused-ring (bicyclic) bond motifs is 1. The lowest BCUT2D eigenvalue weighted by atomic mass is 9.86. The van der Waals surface area contributed by atoms with E-state index in [4.69, 9.17) is 5.73 Å². The van der Waals surface area contributed by atoms with Crippen LogP contribution < -0.4 is 5.73 Å². The first-order valence-electron chi connectivity index (χ1n) is 9.86. The zero-order chi connectivity index (χ0) is 16.8. The number of amides is 2. The molecular formula is C19H31N3O2. The molecule has 2 saturated carbocycles. The Morgan fingerprint density at radius 1 is 1.04 bits per heavy atom. The minimum Gasteiger partial charge on any atom is -0.342 e. The van der Waals surface area contributed by atoms with Gasteiger partial charge in [-0.1, -0.05) is 6.92 Å². The van der Waals surface area contributed by atoms with Crippen LogP contribution in [-0.2, 0) is 9.59 Å². The molecule has 4 aliphatic rings. The number of nitrogens with zero attached hydrogens (tertiary/aromatic N) is 2. The van der Waals surface area contributed by atoms with Crippen LogP contribution in [0.4, 0.5) is 0 Å². The SMILES string of the molecule is CC1CCC(N2CC(C(=O)N3CC4CCC(N)C4C3)CC2=O)CC1. The third-order valence-corrected chi connectivity index (χ3v) is 7.16. The van der Waals surface area contributed by atoms with E-state index in [9.17, 15) is 9.59 Å². The molecule has 2 amide bonds. The summed E-state index contributed by atoms with van der Waals surface area (Å²) < 4.78 is 0. The Bertz CT molecular complexity index is 515. The van der Waals surface area contributed by atoms with Gasteiger partial charge in [0.2, 0.25) is 11.8 Å². The molecule has 2 N–H and O–H groups in total. The Balaban J connectivity index is 1.36. The summed E-state index contributed by atoms with van der Waals surface area (Å²) >= 11 is 0. The molecule has 2 saturated heterocycles. The number of carbonyl (C=O) groups excluding carboxylic acids is 2. The van der Waals surface area contributed by atoms with Crippen LogP contribution in [0, 0.1) is 23.7 Å². The van der Waals surface area contributed by atoms with Gasteiger partial charge in [0.15, 0.2) is 0 Å². The summed E-state index contributed by atoms with van der Waals surface area (Å²) in [4.78, 5) is 29.4. The van der Waals surface area contributed by atoms with Crippen molar-refractivity contribution < 1.29 is 9.59 Å². The van der Waals surface area contributed by atoms with Gasteiger partial charge in [0.1, 0.15) is 0 Å². The smallest absolute Gasteiger partial charge is 0.228 e. The normalized spacial score (nSPS) is 42.7.